The summed E-state index contributed by atoms with van der Waals surface area (Å²) in [6, 6.07) is 9.79. The molecule has 3 saturated heterocycles. The average Bonchev–Trinajstić information content (AvgIpc) is 3.02. The molecule has 1 aromatic rings. The van der Waals surface area contributed by atoms with Crippen LogP contribution in [0.2, 0.25) is 0 Å². The topological polar surface area (TPSA) is 32.5 Å². The van der Waals surface area contributed by atoms with E-state index in [1.54, 1.807) is 7.11 Å². The van der Waals surface area contributed by atoms with Gasteiger partial charge in [-0.3, -0.25) is 4.90 Å². The number of benzene rings is 1. The van der Waals surface area contributed by atoms with Crippen LogP contribution in [0.4, 0.5) is 5.69 Å². The van der Waals surface area contributed by atoms with Crippen molar-refractivity contribution < 1.29 is 9.53 Å². The molecular weight excluding hydrogens is 312 g/mol. The van der Waals surface area contributed by atoms with Gasteiger partial charge in [0.25, 0.3) is 0 Å². The first kappa shape index (κ1) is 14.6. The second-order valence-corrected chi connectivity index (χ2v) is 8.93. The van der Waals surface area contributed by atoms with Crippen LogP contribution < -0.4 is 4.90 Å². The van der Waals surface area contributed by atoms with E-state index in [0.29, 0.717) is 12.1 Å². The first-order valence-electron chi connectivity index (χ1n) is 9.87. The largest absolute Gasteiger partial charge is 0.467 e. The van der Waals surface area contributed by atoms with Gasteiger partial charge >= 0.3 is 5.97 Å². The van der Waals surface area contributed by atoms with E-state index in [4.69, 9.17) is 4.74 Å². The molecule has 0 bridgehead atoms. The lowest BCUT2D eigenvalue weighted by Gasteiger charge is -2.57. The lowest BCUT2D eigenvalue weighted by molar-refractivity contribution is -0.148. The summed E-state index contributed by atoms with van der Waals surface area (Å²) in [5, 5.41) is 0. The fourth-order valence-electron chi connectivity index (χ4n) is 7.86. The molecule has 0 radical (unpaired) electrons. The number of methoxy groups -OCH3 is 1. The smallest absolute Gasteiger partial charge is 0.333 e. The van der Waals surface area contributed by atoms with Crippen molar-refractivity contribution in [2.75, 3.05) is 25.1 Å². The minimum atomic E-state index is -0.400. The fourth-order valence-corrected chi connectivity index (χ4v) is 7.86. The Hall–Kier alpha value is -1.55. The number of rotatable bonds is 2. The zero-order valence-electron chi connectivity index (χ0n) is 15.1. The van der Waals surface area contributed by atoms with Crippen molar-refractivity contribution in [2.45, 2.75) is 62.1 Å². The molecule has 1 spiro atoms. The normalized spacial score (nSPS) is 45.6. The molecule has 4 heterocycles. The predicted molar refractivity (Wildman–Crippen MR) is 95.7 cm³/mol. The van der Waals surface area contributed by atoms with Crippen molar-refractivity contribution in [1.82, 2.24) is 4.90 Å². The van der Waals surface area contributed by atoms with E-state index in [1.165, 1.54) is 43.6 Å². The Kier molecular flexibility index (Phi) is 2.47. The number of nitrogens with zero attached hydrogens (tertiary/aromatic N) is 2. The molecule has 0 amide bonds. The van der Waals surface area contributed by atoms with E-state index in [1.807, 2.05) is 0 Å². The van der Waals surface area contributed by atoms with Gasteiger partial charge in [0.05, 0.1) is 13.2 Å². The van der Waals surface area contributed by atoms with Gasteiger partial charge in [0.15, 0.2) is 5.54 Å². The summed E-state index contributed by atoms with van der Waals surface area (Å²) < 4.78 is 5.38. The van der Waals surface area contributed by atoms with Crippen molar-refractivity contribution >= 4 is 11.7 Å². The number of esters is 1. The van der Waals surface area contributed by atoms with E-state index in [0.717, 1.165) is 12.8 Å². The number of ether oxygens (including phenoxy) is 1. The van der Waals surface area contributed by atoms with Crippen molar-refractivity contribution in [3.8, 4) is 0 Å². The van der Waals surface area contributed by atoms with Crippen LogP contribution in [-0.4, -0.2) is 48.7 Å². The molecule has 0 N–H and O–H groups in total. The molecule has 6 rings (SSSR count). The van der Waals surface area contributed by atoms with E-state index in [9.17, 15) is 4.79 Å². The maximum Gasteiger partial charge on any atom is 0.333 e. The number of para-hydroxylation sites is 1. The summed E-state index contributed by atoms with van der Waals surface area (Å²) in [7, 11) is 1.57. The lowest BCUT2D eigenvalue weighted by Crippen LogP contribution is -2.65. The molecule has 25 heavy (non-hydrogen) atoms. The molecule has 1 aliphatic carbocycles. The van der Waals surface area contributed by atoms with Crippen LogP contribution in [0, 0.1) is 5.41 Å². The molecule has 5 aliphatic rings. The molecule has 132 valence electrons. The molecule has 4 heteroatoms. The Morgan fingerprint density at radius 2 is 2.08 bits per heavy atom. The fraction of sp³-hybridized carbons (Fsp3) is 0.667. The molecule has 4 fully saturated rings. The van der Waals surface area contributed by atoms with Crippen LogP contribution in [0.15, 0.2) is 24.3 Å². The highest BCUT2D eigenvalue weighted by Gasteiger charge is 2.87. The minimum absolute atomic E-state index is 0.00155. The van der Waals surface area contributed by atoms with Crippen molar-refractivity contribution in [2.24, 2.45) is 5.41 Å². The maximum absolute atomic E-state index is 13.1. The SMILES string of the molecule is CC[C@]12CCCN3CC[C@@]4(c5ccccc5N5[C@H]4[C@]5(C(=O)OC)C1)[C@@H]32. The molecule has 4 nitrogen and oxygen atoms in total. The van der Waals surface area contributed by atoms with Gasteiger partial charge in [-0.25, -0.2) is 4.79 Å². The summed E-state index contributed by atoms with van der Waals surface area (Å²) in [6.45, 7) is 4.76. The quantitative estimate of drug-likeness (QED) is 0.613. The second kappa shape index (κ2) is 4.22. The van der Waals surface area contributed by atoms with E-state index in [2.05, 4.69) is 41.0 Å². The standard InChI is InChI=1S/C21H26N2O2/c1-3-19-9-6-11-22-12-10-20(16(19)22)14-7-4-5-8-15(14)23-17(20)21(23,13-19)18(24)25-2/h4-5,7-8,16-17H,3,6,9-13H2,1-2H3/t16-,17+,19-,20+,21-,23?/m0/s1. The molecular formula is C21H26N2O2. The van der Waals surface area contributed by atoms with E-state index in [-0.39, 0.29) is 16.8 Å². The number of hydrogen-bond acceptors (Lipinski definition) is 4. The third kappa shape index (κ3) is 1.29. The Balaban J connectivity index is 1.65. The molecule has 5 atom stereocenters. The Morgan fingerprint density at radius 1 is 1.24 bits per heavy atom. The maximum atomic E-state index is 13.1. The summed E-state index contributed by atoms with van der Waals surface area (Å²) in [4.78, 5) is 18.3. The summed E-state index contributed by atoms with van der Waals surface area (Å²) in [5.74, 6) is 0.00155. The number of hydrogen-bond donors (Lipinski definition) is 0. The molecule has 1 saturated carbocycles. The summed E-state index contributed by atoms with van der Waals surface area (Å²) in [5.41, 5.74) is 2.78. The van der Waals surface area contributed by atoms with Gasteiger partial charge in [0.1, 0.15) is 0 Å². The van der Waals surface area contributed by atoms with Crippen LogP contribution in [0.1, 0.15) is 44.6 Å². The van der Waals surface area contributed by atoms with E-state index < -0.39 is 5.54 Å². The highest BCUT2D eigenvalue weighted by molar-refractivity contribution is 5.99. The van der Waals surface area contributed by atoms with Crippen molar-refractivity contribution in [1.29, 1.82) is 0 Å². The van der Waals surface area contributed by atoms with Crippen LogP contribution in [-0.2, 0) is 14.9 Å². The Morgan fingerprint density at radius 3 is 2.88 bits per heavy atom. The van der Waals surface area contributed by atoms with Gasteiger partial charge in [-0.05, 0) is 62.2 Å². The van der Waals surface area contributed by atoms with Crippen LogP contribution >= 0.6 is 0 Å². The number of anilines is 1. The molecule has 0 aromatic heterocycles. The molecule has 1 aromatic carbocycles. The predicted octanol–water partition coefficient (Wildman–Crippen LogP) is 2.71. The number of carbonyl (C=O) groups is 1. The van der Waals surface area contributed by atoms with Gasteiger partial charge in [-0.1, -0.05) is 25.1 Å². The first-order chi connectivity index (χ1) is 12.2. The van der Waals surface area contributed by atoms with Crippen molar-refractivity contribution in [3.63, 3.8) is 0 Å². The summed E-state index contributed by atoms with van der Waals surface area (Å²) >= 11 is 0. The summed E-state index contributed by atoms with van der Waals surface area (Å²) in [6.07, 6.45) is 5.86. The van der Waals surface area contributed by atoms with Crippen LogP contribution in [0.5, 0.6) is 0 Å². The number of fused-ring (bicyclic) bond motifs is 3. The zero-order chi connectivity index (χ0) is 17.0. The second-order valence-electron chi connectivity index (χ2n) is 8.93. The van der Waals surface area contributed by atoms with Gasteiger partial charge in [0.2, 0.25) is 0 Å². The highest BCUT2D eigenvalue weighted by atomic mass is 16.5. The third-order valence-corrected chi connectivity index (χ3v) is 8.46. The van der Waals surface area contributed by atoms with Gasteiger partial charge < -0.3 is 9.64 Å². The first-order valence-corrected chi connectivity index (χ1v) is 9.87. The minimum Gasteiger partial charge on any atom is -0.467 e. The van der Waals surface area contributed by atoms with Gasteiger partial charge in [-0.2, -0.15) is 0 Å². The van der Waals surface area contributed by atoms with Crippen LogP contribution in [0.25, 0.3) is 0 Å². The Bertz CT molecular complexity index is 794. The lowest BCUT2D eigenvalue weighted by atomic mass is 9.50. The van der Waals surface area contributed by atoms with Crippen LogP contribution in [0.3, 0.4) is 0 Å². The number of carbonyl (C=O) groups excluding carboxylic acids is 1. The number of piperidine rings is 1. The van der Waals surface area contributed by atoms with Gasteiger partial charge in [0, 0.05) is 17.1 Å². The van der Waals surface area contributed by atoms with E-state index >= 15 is 0 Å². The van der Waals surface area contributed by atoms with Gasteiger partial charge in [-0.15, -0.1) is 0 Å². The third-order valence-electron chi connectivity index (χ3n) is 8.46. The average molecular weight is 338 g/mol. The van der Waals surface area contributed by atoms with Crippen molar-refractivity contribution in [3.05, 3.63) is 29.8 Å². The monoisotopic (exact) mass is 338 g/mol. The zero-order valence-corrected chi connectivity index (χ0v) is 15.1. The highest BCUT2D eigenvalue weighted by Crippen LogP contribution is 2.76. The Labute approximate surface area is 149 Å². The molecule has 4 aliphatic heterocycles. The molecule has 0 unspecified atom stereocenters.